The van der Waals surface area contributed by atoms with Crippen LogP contribution in [-0.2, 0) is 20.2 Å². The minimum atomic E-state index is -4.85. The molecule has 0 spiro atoms. The summed E-state index contributed by atoms with van der Waals surface area (Å²) < 4.78 is 66.8. The Bertz CT molecular complexity index is 1040. The van der Waals surface area contributed by atoms with Crippen molar-refractivity contribution in [2.45, 2.75) is 37.5 Å². The van der Waals surface area contributed by atoms with E-state index in [1.54, 1.807) is 0 Å². The quantitative estimate of drug-likeness (QED) is 0.572. The molecule has 2 rings (SSSR count). The summed E-state index contributed by atoms with van der Waals surface area (Å²) in [6, 6.07) is 2.37. The normalized spacial score (nSPS) is 12.4. The standard InChI is InChI=1S/C16H18O8S2/c1-7-5-11(15(25(19,20)21)9(3)13(7)17)12-6-8(2)14(18)10(4)16(12)26(22,23)24/h5-6,17-18H,1-4H3,(H,19,20,21)(H,22,23,24). The van der Waals surface area contributed by atoms with Gasteiger partial charge in [-0.15, -0.1) is 0 Å². The molecule has 0 saturated carbocycles. The third kappa shape index (κ3) is 3.28. The van der Waals surface area contributed by atoms with Gasteiger partial charge in [0.2, 0.25) is 0 Å². The van der Waals surface area contributed by atoms with Crippen LogP contribution in [0.5, 0.6) is 11.5 Å². The molecule has 142 valence electrons. The van der Waals surface area contributed by atoms with Crippen LogP contribution in [-0.4, -0.2) is 36.2 Å². The molecule has 2 aromatic rings. The molecule has 0 radical (unpaired) electrons. The van der Waals surface area contributed by atoms with Crippen molar-refractivity contribution in [3.63, 3.8) is 0 Å². The van der Waals surface area contributed by atoms with Crippen LogP contribution in [0.1, 0.15) is 22.3 Å². The number of hydrogen-bond donors (Lipinski definition) is 4. The third-order valence-corrected chi connectivity index (χ3v) is 6.24. The maximum Gasteiger partial charge on any atom is 0.295 e. The Balaban J connectivity index is 3.18. The Morgan fingerprint density at radius 2 is 0.923 bits per heavy atom. The lowest BCUT2D eigenvalue weighted by Gasteiger charge is -2.18. The largest absolute Gasteiger partial charge is 0.507 e. The van der Waals surface area contributed by atoms with Crippen molar-refractivity contribution in [3.05, 3.63) is 34.4 Å². The van der Waals surface area contributed by atoms with Crippen molar-refractivity contribution in [2.75, 3.05) is 0 Å². The van der Waals surface area contributed by atoms with Gasteiger partial charge in [0, 0.05) is 22.3 Å². The van der Waals surface area contributed by atoms with Crippen LogP contribution in [0.3, 0.4) is 0 Å². The molecule has 8 nitrogen and oxygen atoms in total. The van der Waals surface area contributed by atoms with Crippen LogP contribution in [0.2, 0.25) is 0 Å². The van der Waals surface area contributed by atoms with E-state index in [1.807, 2.05) is 0 Å². The number of rotatable bonds is 3. The van der Waals surface area contributed by atoms with Crippen LogP contribution >= 0.6 is 0 Å². The van der Waals surface area contributed by atoms with Gasteiger partial charge in [0.15, 0.2) is 0 Å². The number of aryl methyl sites for hydroxylation is 2. The second-order valence-electron chi connectivity index (χ2n) is 6.04. The van der Waals surface area contributed by atoms with Crippen LogP contribution in [0.15, 0.2) is 21.9 Å². The van der Waals surface area contributed by atoms with Crippen molar-refractivity contribution >= 4 is 20.2 Å². The molecule has 0 saturated heterocycles. The zero-order valence-electron chi connectivity index (χ0n) is 14.4. The number of aromatic hydroxyl groups is 2. The third-order valence-electron chi connectivity index (χ3n) is 4.16. The fourth-order valence-corrected chi connectivity index (χ4v) is 4.84. The monoisotopic (exact) mass is 402 g/mol. The van der Waals surface area contributed by atoms with Crippen LogP contribution < -0.4 is 0 Å². The highest BCUT2D eigenvalue weighted by molar-refractivity contribution is 7.86. The minimum absolute atomic E-state index is 0.174. The second-order valence-corrected chi connectivity index (χ2v) is 8.75. The molecule has 4 N–H and O–H groups in total. The average Bonchev–Trinajstić information content (AvgIpc) is 2.46. The summed E-state index contributed by atoms with van der Waals surface area (Å²) in [6.45, 7) is 5.43. The molecule has 0 aliphatic rings. The fourth-order valence-electron chi connectivity index (χ4n) is 2.98. The van der Waals surface area contributed by atoms with Crippen LogP contribution in [0, 0.1) is 27.7 Å². The molecule has 0 unspecified atom stereocenters. The predicted molar refractivity (Wildman–Crippen MR) is 93.8 cm³/mol. The number of hydrogen-bond acceptors (Lipinski definition) is 6. The first-order chi connectivity index (χ1) is 11.7. The highest BCUT2D eigenvalue weighted by Crippen LogP contribution is 2.42. The highest BCUT2D eigenvalue weighted by atomic mass is 32.2. The molecule has 0 amide bonds. The van der Waals surface area contributed by atoms with E-state index < -0.39 is 30.0 Å². The number of phenols is 2. The Morgan fingerprint density at radius 1 is 0.654 bits per heavy atom. The summed E-state index contributed by atoms with van der Waals surface area (Å²) >= 11 is 0. The molecule has 0 heterocycles. The van der Waals surface area contributed by atoms with Gasteiger partial charge >= 0.3 is 0 Å². The summed E-state index contributed by atoms with van der Waals surface area (Å²) in [6.07, 6.45) is 0. The van der Waals surface area contributed by atoms with Crippen LogP contribution in [0.25, 0.3) is 11.1 Å². The van der Waals surface area contributed by atoms with E-state index in [0.717, 1.165) is 0 Å². The van der Waals surface area contributed by atoms with E-state index >= 15 is 0 Å². The van der Waals surface area contributed by atoms with Gasteiger partial charge in [0.1, 0.15) is 21.3 Å². The molecule has 26 heavy (non-hydrogen) atoms. The van der Waals surface area contributed by atoms with E-state index in [9.17, 15) is 36.2 Å². The summed E-state index contributed by atoms with van der Waals surface area (Å²) in [7, 11) is -9.70. The molecule has 0 aromatic heterocycles. The molecule has 0 fully saturated rings. The lowest BCUT2D eigenvalue weighted by molar-refractivity contribution is 0.457. The average molecular weight is 402 g/mol. The van der Waals surface area contributed by atoms with Crippen molar-refractivity contribution < 1.29 is 36.2 Å². The van der Waals surface area contributed by atoms with E-state index in [1.165, 1.54) is 39.8 Å². The molecule has 2 aromatic carbocycles. The maximum absolute atomic E-state index is 11.9. The number of phenolic OH excluding ortho intramolecular Hbond substituents is 2. The zero-order valence-corrected chi connectivity index (χ0v) is 16.0. The van der Waals surface area contributed by atoms with Crippen molar-refractivity contribution in [2.24, 2.45) is 0 Å². The lowest BCUT2D eigenvalue weighted by atomic mass is 9.96. The zero-order chi connectivity index (χ0) is 20.2. The molecule has 0 aliphatic carbocycles. The lowest BCUT2D eigenvalue weighted by Crippen LogP contribution is -2.09. The fraction of sp³-hybridized carbons (Fsp3) is 0.250. The number of benzene rings is 2. The van der Waals surface area contributed by atoms with E-state index in [4.69, 9.17) is 0 Å². The van der Waals surface area contributed by atoms with Gasteiger partial charge in [-0.3, -0.25) is 9.11 Å². The van der Waals surface area contributed by atoms with Crippen LogP contribution in [0.4, 0.5) is 0 Å². The van der Waals surface area contributed by atoms with Gasteiger partial charge < -0.3 is 10.2 Å². The minimum Gasteiger partial charge on any atom is -0.507 e. The van der Waals surface area contributed by atoms with Crippen molar-refractivity contribution in [1.29, 1.82) is 0 Å². The molecular weight excluding hydrogens is 384 g/mol. The van der Waals surface area contributed by atoms with Gasteiger partial charge in [0.25, 0.3) is 20.2 Å². The first-order valence-electron chi connectivity index (χ1n) is 7.29. The van der Waals surface area contributed by atoms with Gasteiger partial charge in [0.05, 0.1) is 0 Å². The molecule has 0 bridgehead atoms. The van der Waals surface area contributed by atoms with Crippen molar-refractivity contribution in [1.82, 2.24) is 0 Å². The Kier molecular flexibility index (Phi) is 4.84. The van der Waals surface area contributed by atoms with E-state index in [0.29, 0.717) is 0 Å². The van der Waals surface area contributed by atoms with Gasteiger partial charge in [-0.2, -0.15) is 16.8 Å². The topological polar surface area (TPSA) is 149 Å². The smallest absolute Gasteiger partial charge is 0.295 e. The molecule has 0 atom stereocenters. The first-order valence-corrected chi connectivity index (χ1v) is 10.2. The van der Waals surface area contributed by atoms with Crippen molar-refractivity contribution in [3.8, 4) is 22.6 Å². The SMILES string of the molecule is Cc1cc(-c2cc(C)c(O)c(C)c2S(=O)(=O)O)c(S(=O)(=O)O)c(C)c1O. The van der Waals surface area contributed by atoms with E-state index in [2.05, 4.69) is 0 Å². The summed E-state index contributed by atoms with van der Waals surface area (Å²) in [4.78, 5) is -1.37. The summed E-state index contributed by atoms with van der Waals surface area (Å²) in [5.41, 5.74) is -0.332. The summed E-state index contributed by atoms with van der Waals surface area (Å²) in [5.74, 6) is -0.746. The molecule has 0 aliphatic heterocycles. The first kappa shape index (κ1) is 20.2. The summed E-state index contributed by atoms with van der Waals surface area (Å²) in [5, 5.41) is 20.0. The molecular formula is C16H18O8S2. The predicted octanol–water partition coefficient (Wildman–Crippen LogP) is 2.49. The second kappa shape index (κ2) is 6.23. The molecule has 10 heteroatoms. The van der Waals surface area contributed by atoms with Gasteiger partial charge in [-0.25, -0.2) is 0 Å². The maximum atomic E-state index is 11.9. The van der Waals surface area contributed by atoms with Gasteiger partial charge in [-0.1, -0.05) is 0 Å². The van der Waals surface area contributed by atoms with Gasteiger partial charge in [-0.05, 0) is 51.0 Å². The van der Waals surface area contributed by atoms with E-state index in [-0.39, 0.29) is 44.9 Å². The Morgan fingerprint density at radius 3 is 1.15 bits per heavy atom. The Labute approximate surface area is 151 Å². The Hall–Kier alpha value is -2.14. The highest BCUT2D eigenvalue weighted by Gasteiger charge is 2.29.